The largest absolute Gasteiger partial charge is 0.323 e. The van der Waals surface area contributed by atoms with Crippen LogP contribution < -0.4 is 5.73 Å². The molecule has 1 unspecified atom stereocenters. The molecule has 0 aromatic heterocycles. The van der Waals surface area contributed by atoms with E-state index in [4.69, 9.17) is 5.73 Å². The summed E-state index contributed by atoms with van der Waals surface area (Å²) in [6, 6.07) is 8.88. The molecule has 1 aliphatic carbocycles. The van der Waals surface area contributed by atoms with Gasteiger partial charge in [0.2, 0.25) is 0 Å². The first kappa shape index (κ1) is 12.5. The van der Waals surface area contributed by atoms with Gasteiger partial charge in [-0.3, -0.25) is 0 Å². The lowest BCUT2D eigenvalue weighted by atomic mass is 9.64. The maximum atomic E-state index is 12.9. The minimum Gasteiger partial charge on any atom is -0.323 e. The van der Waals surface area contributed by atoms with Crippen LogP contribution in [0.4, 0.5) is 3.89 Å². The second-order valence-electron chi connectivity index (χ2n) is 4.79. The van der Waals surface area contributed by atoms with Crippen molar-refractivity contribution < 1.29 is 12.3 Å². The zero-order chi connectivity index (χ0) is 12.5. The normalized spacial score (nSPS) is 20.6. The molecule has 0 bridgehead atoms. The summed E-state index contributed by atoms with van der Waals surface area (Å²) in [7, 11) is -4.48. The summed E-state index contributed by atoms with van der Waals surface area (Å²) in [6.07, 6.45) is 2.26. The van der Waals surface area contributed by atoms with Gasteiger partial charge in [-0.05, 0) is 18.4 Å². The molecule has 3 nitrogen and oxygen atoms in total. The van der Waals surface area contributed by atoms with E-state index in [1.807, 2.05) is 30.3 Å². The van der Waals surface area contributed by atoms with Gasteiger partial charge in [0.25, 0.3) is 0 Å². The smallest absolute Gasteiger partial charge is 0.303 e. The van der Waals surface area contributed by atoms with Crippen LogP contribution in [0, 0.1) is 5.41 Å². The molecule has 0 amide bonds. The molecule has 1 aromatic rings. The lowest BCUT2D eigenvalue weighted by Crippen LogP contribution is -2.45. The maximum Gasteiger partial charge on any atom is 0.303 e. The van der Waals surface area contributed by atoms with Crippen LogP contribution in [0.5, 0.6) is 0 Å². The number of benzene rings is 1. The van der Waals surface area contributed by atoms with Crippen LogP contribution in [-0.4, -0.2) is 14.2 Å². The first-order valence-electron chi connectivity index (χ1n) is 5.66. The highest BCUT2D eigenvalue weighted by Gasteiger charge is 2.46. The molecule has 0 heterocycles. The van der Waals surface area contributed by atoms with Crippen molar-refractivity contribution in [2.24, 2.45) is 11.1 Å². The molecule has 17 heavy (non-hydrogen) atoms. The summed E-state index contributed by atoms with van der Waals surface area (Å²) in [4.78, 5) is 0. The topological polar surface area (TPSA) is 60.2 Å². The minimum atomic E-state index is -4.48. The van der Waals surface area contributed by atoms with Crippen LogP contribution in [-0.2, 0) is 10.2 Å². The fraction of sp³-hybridized carbons (Fsp3) is 0.500. The average Bonchev–Trinajstić information content (AvgIpc) is 2.23. The lowest BCUT2D eigenvalue weighted by Gasteiger charge is -2.45. The number of nitrogens with two attached hydrogens (primary N) is 1. The van der Waals surface area contributed by atoms with E-state index in [-0.39, 0.29) is 0 Å². The number of hydrogen-bond acceptors (Lipinski definition) is 3. The quantitative estimate of drug-likeness (QED) is 0.841. The predicted molar refractivity (Wildman–Crippen MR) is 64.5 cm³/mol. The summed E-state index contributed by atoms with van der Waals surface area (Å²) in [6.45, 7) is 0. The highest BCUT2D eigenvalue weighted by molar-refractivity contribution is 7.86. The Morgan fingerprint density at radius 3 is 2.29 bits per heavy atom. The van der Waals surface area contributed by atoms with Gasteiger partial charge >= 0.3 is 10.2 Å². The van der Waals surface area contributed by atoms with E-state index in [2.05, 4.69) is 0 Å². The molecule has 1 saturated carbocycles. The second-order valence-corrected chi connectivity index (χ2v) is 6.15. The van der Waals surface area contributed by atoms with E-state index in [9.17, 15) is 12.3 Å². The van der Waals surface area contributed by atoms with E-state index < -0.39 is 27.4 Å². The van der Waals surface area contributed by atoms with Crippen molar-refractivity contribution >= 4 is 10.2 Å². The van der Waals surface area contributed by atoms with Gasteiger partial charge in [-0.1, -0.05) is 36.8 Å². The highest BCUT2D eigenvalue weighted by Crippen LogP contribution is 2.50. The van der Waals surface area contributed by atoms with Crippen molar-refractivity contribution in [1.29, 1.82) is 0 Å². The molecule has 0 radical (unpaired) electrons. The summed E-state index contributed by atoms with van der Waals surface area (Å²) < 4.78 is 34.6. The number of rotatable bonds is 4. The third-order valence-corrected chi connectivity index (χ3v) is 4.55. The predicted octanol–water partition coefficient (Wildman–Crippen LogP) is 2.16. The van der Waals surface area contributed by atoms with Gasteiger partial charge in [-0.25, -0.2) is 0 Å². The average molecular weight is 257 g/mol. The standard InChI is InChI=1S/C12H16FNO2S/c13-17(15,16)9-12(7-4-8-12)11(14)10-5-2-1-3-6-10/h1-3,5-6,11H,4,7-9,14H2. The van der Waals surface area contributed by atoms with E-state index in [0.717, 1.165) is 12.0 Å². The number of halogens is 1. The molecule has 1 aliphatic rings. The second kappa shape index (κ2) is 4.38. The molecule has 2 rings (SSSR count). The van der Waals surface area contributed by atoms with Gasteiger partial charge in [-0.2, -0.15) is 8.42 Å². The molecule has 1 atom stereocenters. The summed E-state index contributed by atoms with van der Waals surface area (Å²) in [5.74, 6) is -0.462. The van der Waals surface area contributed by atoms with Crippen molar-refractivity contribution in [3.05, 3.63) is 35.9 Å². The van der Waals surface area contributed by atoms with Gasteiger partial charge < -0.3 is 5.73 Å². The Balaban J connectivity index is 2.24. The summed E-state index contributed by atoms with van der Waals surface area (Å²) in [5, 5.41) is 0. The van der Waals surface area contributed by atoms with Gasteiger partial charge in [-0.15, -0.1) is 3.89 Å². The maximum absolute atomic E-state index is 12.9. The van der Waals surface area contributed by atoms with Crippen LogP contribution >= 0.6 is 0 Å². The Kier molecular flexibility index (Phi) is 3.23. The Labute approximate surface area is 101 Å². The molecular weight excluding hydrogens is 241 g/mol. The Morgan fingerprint density at radius 2 is 1.88 bits per heavy atom. The van der Waals surface area contributed by atoms with Crippen molar-refractivity contribution in [2.75, 3.05) is 5.75 Å². The van der Waals surface area contributed by atoms with Crippen LogP contribution in [0.25, 0.3) is 0 Å². The number of hydrogen-bond donors (Lipinski definition) is 1. The summed E-state index contributed by atoms with van der Waals surface area (Å²) in [5.41, 5.74) is 6.37. The molecule has 0 spiro atoms. The molecule has 0 aliphatic heterocycles. The molecule has 1 fully saturated rings. The third-order valence-electron chi connectivity index (χ3n) is 3.63. The van der Waals surface area contributed by atoms with Crippen molar-refractivity contribution in [1.82, 2.24) is 0 Å². The zero-order valence-electron chi connectivity index (χ0n) is 9.47. The van der Waals surface area contributed by atoms with Crippen LogP contribution in [0.2, 0.25) is 0 Å². The van der Waals surface area contributed by atoms with Gasteiger partial charge in [0.15, 0.2) is 0 Å². The summed E-state index contributed by atoms with van der Waals surface area (Å²) >= 11 is 0. The zero-order valence-corrected chi connectivity index (χ0v) is 10.3. The van der Waals surface area contributed by atoms with Gasteiger partial charge in [0, 0.05) is 11.5 Å². The highest BCUT2D eigenvalue weighted by atomic mass is 32.3. The molecular formula is C12H16FNO2S. The van der Waals surface area contributed by atoms with Gasteiger partial charge in [0.05, 0.1) is 5.75 Å². The van der Waals surface area contributed by atoms with E-state index >= 15 is 0 Å². The van der Waals surface area contributed by atoms with Crippen molar-refractivity contribution in [2.45, 2.75) is 25.3 Å². The Hall–Kier alpha value is -0.940. The molecule has 2 N–H and O–H groups in total. The molecule has 1 aromatic carbocycles. The molecule has 94 valence electrons. The fourth-order valence-corrected chi connectivity index (χ4v) is 3.69. The molecule has 0 saturated heterocycles. The first-order valence-corrected chi connectivity index (χ1v) is 7.21. The monoisotopic (exact) mass is 257 g/mol. The van der Waals surface area contributed by atoms with Crippen LogP contribution in [0.3, 0.4) is 0 Å². The SMILES string of the molecule is NC(c1ccccc1)C1(CS(=O)(=O)F)CCC1. The van der Waals surface area contributed by atoms with E-state index in [1.54, 1.807) is 0 Å². The Morgan fingerprint density at radius 1 is 1.29 bits per heavy atom. The Bertz CT molecular complexity index is 482. The third kappa shape index (κ3) is 2.66. The lowest BCUT2D eigenvalue weighted by molar-refractivity contribution is 0.122. The van der Waals surface area contributed by atoms with Crippen molar-refractivity contribution in [3.8, 4) is 0 Å². The van der Waals surface area contributed by atoms with Gasteiger partial charge in [0.1, 0.15) is 0 Å². The van der Waals surface area contributed by atoms with Crippen molar-refractivity contribution in [3.63, 3.8) is 0 Å². The minimum absolute atomic E-state index is 0.414. The molecule has 5 heteroatoms. The van der Waals surface area contributed by atoms with E-state index in [1.165, 1.54) is 0 Å². The fourth-order valence-electron chi connectivity index (χ4n) is 2.53. The van der Waals surface area contributed by atoms with E-state index in [0.29, 0.717) is 12.8 Å². The van der Waals surface area contributed by atoms with Crippen LogP contribution in [0.1, 0.15) is 30.9 Å². The first-order chi connectivity index (χ1) is 7.93. The van der Waals surface area contributed by atoms with Crippen LogP contribution in [0.15, 0.2) is 30.3 Å².